The van der Waals surface area contributed by atoms with Crippen LogP contribution in [0.15, 0.2) is 35.1 Å². The Hall–Kier alpha value is -2.85. The van der Waals surface area contributed by atoms with E-state index in [1.807, 2.05) is 36.4 Å². The predicted molar refractivity (Wildman–Crippen MR) is 84.1 cm³/mol. The van der Waals surface area contributed by atoms with Crippen LogP contribution in [0.2, 0.25) is 0 Å². The van der Waals surface area contributed by atoms with Gasteiger partial charge in [-0.15, -0.1) is 0 Å². The zero-order chi connectivity index (χ0) is 17.0. The summed E-state index contributed by atoms with van der Waals surface area (Å²) in [6.45, 7) is 1.62. The van der Waals surface area contributed by atoms with Crippen molar-refractivity contribution in [2.75, 3.05) is 13.7 Å². The molecule has 1 aromatic heterocycles. The van der Waals surface area contributed by atoms with E-state index in [0.29, 0.717) is 16.9 Å². The Bertz CT molecular complexity index is 799. The maximum Gasteiger partial charge on any atom is 0.319 e. The van der Waals surface area contributed by atoms with Gasteiger partial charge < -0.3 is 4.74 Å². The van der Waals surface area contributed by atoms with Gasteiger partial charge in [0.2, 0.25) is 0 Å². The van der Waals surface area contributed by atoms with Crippen LogP contribution in [0, 0.1) is 18.3 Å². The first-order valence-electron chi connectivity index (χ1n) is 7.05. The van der Waals surface area contributed by atoms with E-state index in [1.54, 1.807) is 18.7 Å². The third-order valence-corrected chi connectivity index (χ3v) is 3.69. The number of aromatic nitrogens is 2. The van der Waals surface area contributed by atoms with E-state index < -0.39 is 12.0 Å². The standard InChI is InChI=1S/C16H18N4O3/c1-11-15(13(9-17)18-10-14(21)23-3)16(22)20(19(11)2)12-7-5-4-6-8-12/h4-8,13,18H,10H2,1-3H3. The van der Waals surface area contributed by atoms with Crippen LogP contribution >= 0.6 is 0 Å². The van der Waals surface area contributed by atoms with Gasteiger partial charge in [0, 0.05) is 12.7 Å². The molecule has 0 aliphatic rings. The third-order valence-electron chi connectivity index (χ3n) is 3.69. The molecule has 1 atom stereocenters. The van der Waals surface area contributed by atoms with E-state index in [4.69, 9.17) is 0 Å². The highest BCUT2D eigenvalue weighted by atomic mass is 16.5. The maximum absolute atomic E-state index is 12.8. The average Bonchev–Trinajstić information content (AvgIpc) is 2.79. The molecule has 0 bridgehead atoms. The van der Waals surface area contributed by atoms with E-state index in [1.165, 1.54) is 11.8 Å². The molecular weight excluding hydrogens is 296 g/mol. The topological polar surface area (TPSA) is 89.0 Å². The highest BCUT2D eigenvalue weighted by Crippen LogP contribution is 2.16. The highest BCUT2D eigenvalue weighted by Gasteiger charge is 2.24. The number of esters is 1. The minimum Gasteiger partial charge on any atom is -0.468 e. The number of nitrogens with zero attached hydrogens (tertiary/aromatic N) is 3. The Morgan fingerprint density at radius 2 is 2.04 bits per heavy atom. The summed E-state index contributed by atoms with van der Waals surface area (Å²) in [4.78, 5) is 24.0. The molecule has 0 fully saturated rings. The number of nitrogens with one attached hydrogen (secondary N) is 1. The molecule has 1 N–H and O–H groups in total. The Morgan fingerprint density at radius 1 is 1.39 bits per heavy atom. The first-order chi connectivity index (χ1) is 11.0. The van der Waals surface area contributed by atoms with Gasteiger partial charge in [0.25, 0.3) is 5.56 Å². The van der Waals surface area contributed by atoms with Gasteiger partial charge in [-0.2, -0.15) is 5.26 Å². The molecule has 0 spiro atoms. The number of para-hydroxylation sites is 1. The van der Waals surface area contributed by atoms with Crippen LogP contribution in [0.4, 0.5) is 0 Å². The fourth-order valence-corrected chi connectivity index (χ4v) is 2.39. The Balaban J connectivity index is 2.46. The van der Waals surface area contributed by atoms with E-state index >= 15 is 0 Å². The lowest BCUT2D eigenvalue weighted by Gasteiger charge is -2.09. The van der Waals surface area contributed by atoms with Gasteiger partial charge in [0.1, 0.15) is 6.04 Å². The summed E-state index contributed by atoms with van der Waals surface area (Å²) in [5, 5.41) is 12.1. The van der Waals surface area contributed by atoms with Gasteiger partial charge in [-0.25, -0.2) is 4.68 Å². The van der Waals surface area contributed by atoms with Gasteiger partial charge >= 0.3 is 5.97 Å². The quantitative estimate of drug-likeness (QED) is 0.825. The van der Waals surface area contributed by atoms with E-state index in [-0.39, 0.29) is 12.1 Å². The molecule has 7 heteroatoms. The number of carbonyl (C=O) groups excluding carboxylic acids is 1. The number of ether oxygens (including phenoxy) is 1. The summed E-state index contributed by atoms with van der Waals surface area (Å²) in [5.74, 6) is -0.498. The third kappa shape index (κ3) is 3.17. The van der Waals surface area contributed by atoms with Crippen LogP contribution in [-0.4, -0.2) is 29.0 Å². The van der Waals surface area contributed by atoms with Crippen LogP contribution in [0.25, 0.3) is 5.69 Å². The molecule has 2 rings (SSSR count). The molecule has 7 nitrogen and oxygen atoms in total. The molecule has 2 aromatic rings. The van der Waals surface area contributed by atoms with Gasteiger partial charge in [0.05, 0.1) is 31.0 Å². The first-order valence-corrected chi connectivity index (χ1v) is 7.05. The van der Waals surface area contributed by atoms with Gasteiger partial charge in [-0.3, -0.25) is 19.6 Å². The normalized spacial score (nSPS) is 11.7. The lowest BCUT2D eigenvalue weighted by atomic mass is 10.1. The number of hydrogen-bond acceptors (Lipinski definition) is 5. The molecule has 0 aliphatic heterocycles. The first kappa shape index (κ1) is 16.5. The van der Waals surface area contributed by atoms with Crippen LogP contribution < -0.4 is 10.9 Å². The number of nitriles is 1. The minimum absolute atomic E-state index is 0.145. The molecule has 1 aromatic carbocycles. The Labute approximate surface area is 133 Å². The van der Waals surface area contributed by atoms with Crippen molar-refractivity contribution in [3.63, 3.8) is 0 Å². The summed E-state index contributed by atoms with van der Waals surface area (Å²) in [6, 6.07) is 10.3. The zero-order valence-corrected chi connectivity index (χ0v) is 13.2. The monoisotopic (exact) mass is 314 g/mol. The summed E-state index contributed by atoms with van der Waals surface area (Å²) in [5.41, 5.74) is 1.39. The molecule has 0 saturated heterocycles. The molecule has 0 aliphatic carbocycles. The van der Waals surface area contributed by atoms with Gasteiger partial charge in [0.15, 0.2) is 0 Å². The molecular formula is C16H18N4O3. The lowest BCUT2D eigenvalue weighted by molar-refractivity contribution is -0.139. The van der Waals surface area contributed by atoms with Crippen molar-refractivity contribution < 1.29 is 9.53 Å². The predicted octanol–water partition coefficient (Wildman–Crippen LogP) is 0.812. The molecule has 0 radical (unpaired) electrons. The van der Waals surface area contributed by atoms with Crippen molar-refractivity contribution in [1.29, 1.82) is 5.26 Å². The second-order valence-electron chi connectivity index (χ2n) is 4.99. The van der Waals surface area contributed by atoms with E-state index in [0.717, 1.165) is 0 Å². The summed E-state index contributed by atoms with van der Waals surface area (Å²) in [7, 11) is 3.02. The maximum atomic E-state index is 12.8. The molecule has 0 amide bonds. The lowest BCUT2D eigenvalue weighted by Crippen LogP contribution is -2.31. The summed E-state index contributed by atoms with van der Waals surface area (Å²) < 4.78 is 7.73. The number of methoxy groups -OCH3 is 1. The van der Waals surface area contributed by atoms with Crippen LogP contribution in [0.5, 0.6) is 0 Å². The average molecular weight is 314 g/mol. The fraction of sp³-hybridized carbons (Fsp3) is 0.312. The largest absolute Gasteiger partial charge is 0.468 e. The summed E-state index contributed by atoms with van der Waals surface area (Å²) in [6.07, 6.45) is 0. The molecule has 23 heavy (non-hydrogen) atoms. The SMILES string of the molecule is COC(=O)CNC(C#N)c1c(C)n(C)n(-c2ccccc2)c1=O. The van der Waals surface area contributed by atoms with Crippen molar-refractivity contribution >= 4 is 5.97 Å². The molecule has 1 heterocycles. The minimum atomic E-state index is -0.891. The number of carbonyl (C=O) groups is 1. The Morgan fingerprint density at radius 3 is 2.61 bits per heavy atom. The Kier molecular flexibility index (Phi) is 4.98. The number of benzene rings is 1. The van der Waals surface area contributed by atoms with Crippen molar-refractivity contribution in [3.8, 4) is 11.8 Å². The van der Waals surface area contributed by atoms with Gasteiger partial charge in [-0.05, 0) is 19.1 Å². The molecule has 120 valence electrons. The van der Waals surface area contributed by atoms with Crippen molar-refractivity contribution in [1.82, 2.24) is 14.7 Å². The van der Waals surface area contributed by atoms with Crippen molar-refractivity contribution in [3.05, 3.63) is 51.9 Å². The second kappa shape index (κ2) is 6.94. The van der Waals surface area contributed by atoms with Crippen LogP contribution in [0.1, 0.15) is 17.3 Å². The molecule has 1 unspecified atom stereocenters. The van der Waals surface area contributed by atoms with Gasteiger partial charge in [-0.1, -0.05) is 18.2 Å². The van der Waals surface area contributed by atoms with Crippen molar-refractivity contribution in [2.24, 2.45) is 7.05 Å². The summed E-state index contributed by atoms with van der Waals surface area (Å²) >= 11 is 0. The molecule has 0 saturated carbocycles. The zero-order valence-electron chi connectivity index (χ0n) is 13.2. The second-order valence-corrected chi connectivity index (χ2v) is 4.99. The number of rotatable bonds is 5. The highest BCUT2D eigenvalue weighted by molar-refractivity contribution is 5.71. The fourth-order valence-electron chi connectivity index (χ4n) is 2.39. The number of hydrogen-bond donors (Lipinski definition) is 1. The van der Waals surface area contributed by atoms with Crippen LogP contribution in [-0.2, 0) is 16.6 Å². The van der Waals surface area contributed by atoms with Crippen molar-refractivity contribution in [2.45, 2.75) is 13.0 Å². The van der Waals surface area contributed by atoms with Crippen LogP contribution in [0.3, 0.4) is 0 Å². The smallest absolute Gasteiger partial charge is 0.319 e. The van der Waals surface area contributed by atoms with E-state index in [2.05, 4.69) is 10.1 Å². The van der Waals surface area contributed by atoms with E-state index in [9.17, 15) is 14.9 Å².